The fraction of sp³-hybridized carbons (Fsp3) is 0.308. The molecular formula is C26H28N4O3. The fourth-order valence-corrected chi connectivity index (χ4v) is 4.61. The molecule has 1 amide bonds. The lowest BCUT2D eigenvalue weighted by Crippen LogP contribution is -2.29. The second kappa shape index (κ2) is 9.02. The van der Waals surface area contributed by atoms with Crippen LogP contribution in [0.3, 0.4) is 0 Å². The molecule has 1 saturated heterocycles. The number of carbonyl (C=O) groups excluding carboxylic acids is 1. The molecule has 2 aliphatic heterocycles. The van der Waals surface area contributed by atoms with Crippen LogP contribution in [0.1, 0.15) is 22.3 Å². The first kappa shape index (κ1) is 21.1. The zero-order valence-electron chi connectivity index (χ0n) is 19.0. The minimum absolute atomic E-state index is 0.00184. The second-order valence-corrected chi connectivity index (χ2v) is 8.41. The van der Waals surface area contributed by atoms with E-state index in [0.29, 0.717) is 12.1 Å². The molecule has 0 saturated carbocycles. The van der Waals surface area contributed by atoms with Crippen LogP contribution in [0.4, 0.5) is 17.2 Å². The summed E-state index contributed by atoms with van der Waals surface area (Å²) in [4.78, 5) is 21.7. The highest BCUT2D eigenvalue weighted by atomic mass is 16.5. The first-order chi connectivity index (χ1) is 16.1. The van der Waals surface area contributed by atoms with Gasteiger partial charge in [-0.3, -0.25) is 4.79 Å². The Morgan fingerprint density at radius 3 is 2.55 bits per heavy atom. The molecule has 3 aromatic rings. The normalized spacial score (nSPS) is 17.1. The topological polar surface area (TPSA) is 66.9 Å². The number of para-hydroxylation sites is 1. The van der Waals surface area contributed by atoms with Gasteiger partial charge in [0.1, 0.15) is 17.3 Å². The van der Waals surface area contributed by atoms with Crippen LogP contribution >= 0.6 is 0 Å². The molecule has 2 aromatic carbocycles. The van der Waals surface area contributed by atoms with Gasteiger partial charge in [0.15, 0.2) is 0 Å². The highest BCUT2D eigenvalue weighted by Crippen LogP contribution is 2.31. The molecule has 0 bridgehead atoms. The van der Waals surface area contributed by atoms with Crippen LogP contribution in [-0.2, 0) is 6.42 Å². The summed E-state index contributed by atoms with van der Waals surface area (Å²) in [5, 5.41) is 3.51. The van der Waals surface area contributed by atoms with E-state index in [2.05, 4.69) is 21.3 Å². The van der Waals surface area contributed by atoms with Gasteiger partial charge in [-0.2, -0.15) is 0 Å². The van der Waals surface area contributed by atoms with Crippen molar-refractivity contribution >= 4 is 23.1 Å². The number of benzene rings is 2. The highest BCUT2D eigenvalue weighted by molar-refractivity contribution is 6.07. The molecule has 33 heavy (non-hydrogen) atoms. The number of carbonyl (C=O) groups is 1. The van der Waals surface area contributed by atoms with Gasteiger partial charge < -0.3 is 24.6 Å². The summed E-state index contributed by atoms with van der Waals surface area (Å²) in [6.07, 6.45) is 3.56. The van der Waals surface area contributed by atoms with E-state index in [1.165, 1.54) is 5.56 Å². The van der Waals surface area contributed by atoms with Gasteiger partial charge in [-0.15, -0.1) is 0 Å². The van der Waals surface area contributed by atoms with Crippen molar-refractivity contribution in [2.45, 2.75) is 18.9 Å². The van der Waals surface area contributed by atoms with E-state index in [9.17, 15) is 4.79 Å². The number of fused-ring (bicyclic) bond motifs is 1. The SMILES string of the molecule is COc1cc(OC)cc(N2CCC(Nc3ccc(C(=O)N4CCc5ccccc54)cn3)C2)c1. The number of aromatic nitrogens is 1. The van der Waals surface area contributed by atoms with Gasteiger partial charge in [-0.05, 0) is 36.6 Å². The molecule has 1 N–H and O–H groups in total. The predicted molar refractivity (Wildman–Crippen MR) is 130 cm³/mol. The van der Waals surface area contributed by atoms with Gasteiger partial charge in [0.2, 0.25) is 0 Å². The van der Waals surface area contributed by atoms with Gasteiger partial charge in [0.25, 0.3) is 5.91 Å². The van der Waals surface area contributed by atoms with E-state index in [1.807, 2.05) is 53.4 Å². The van der Waals surface area contributed by atoms with Crippen LogP contribution < -0.4 is 24.6 Å². The van der Waals surface area contributed by atoms with Crippen LogP contribution in [0, 0.1) is 0 Å². The number of amides is 1. The molecule has 1 fully saturated rings. The van der Waals surface area contributed by atoms with Crippen molar-refractivity contribution in [2.24, 2.45) is 0 Å². The van der Waals surface area contributed by atoms with Crippen LogP contribution in [-0.4, -0.2) is 50.8 Å². The molecule has 2 aliphatic rings. The Bertz CT molecular complexity index is 1130. The maximum atomic E-state index is 13.0. The lowest BCUT2D eigenvalue weighted by Gasteiger charge is -2.21. The quantitative estimate of drug-likeness (QED) is 0.620. The van der Waals surface area contributed by atoms with Gasteiger partial charge in [0.05, 0.1) is 19.8 Å². The zero-order valence-corrected chi connectivity index (χ0v) is 19.0. The molecule has 1 unspecified atom stereocenters. The van der Waals surface area contributed by atoms with Crippen molar-refractivity contribution < 1.29 is 14.3 Å². The largest absolute Gasteiger partial charge is 0.497 e. The van der Waals surface area contributed by atoms with Crippen molar-refractivity contribution in [3.05, 3.63) is 71.9 Å². The molecule has 7 nitrogen and oxygen atoms in total. The zero-order chi connectivity index (χ0) is 22.8. The number of hydrogen-bond donors (Lipinski definition) is 1. The lowest BCUT2D eigenvalue weighted by atomic mass is 10.2. The van der Waals surface area contributed by atoms with Crippen LogP contribution in [0.5, 0.6) is 11.5 Å². The third kappa shape index (κ3) is 4.31. The Hall–Kier alpha value is -3.74. The van der Waals surface area contributed by atoms with Crippen LogP contribution in [0.25, 0.3) is 0 Å². The summed E-state index contributed by atoms with van der Waals surface area (Å²) in [7, 11) is 3.32. The molecule has 5 rings (SSSR count). The van der Waals surface area contributed by atoms with Crippen LogP contribution in [0.2, 0.25) is 0 Å². The number of methoxy groups -OCH3 is 2. The summed E-state index contributed by atoms with van der Waals surface area (Å²) < 4.78 is 10.8. The first-order valence-corrected chi connectivity index (χ1v) is 11.2. The van der Waals surface area contributed by atoms with Crippen molar-refractivity contribution in [3.8, 4) is 11.5 Å². The number of pyridine rings is 1. The maximum absolute atomic E-state index is 13.0. The Kier molecular flexibility index (Phi) is 5.77. The third-order valence-electron chi connectivity index (χ3n) is 6.38. The molecule has 0 spiro atoms. The number of hydrogen-bond acceptors (Lipinski definition) is 6. The van der Waals surface area contributed by atoms with Crippen molar-refractivity contribution in [1.82, 2.24) is 4.98 Å². The van der Waals surface area contributed by atoms with Crippen molar-refractivity contribution in [3.63, 3.8) is 0 Å². The Morgan fingerprint density at radius 2 is 1.82 bits per heavy atom. The summed E-state index contributed by atoms with van der Waals surface area (Å²) in [6, 6.07) is 18.0. The predicted octanol–water partition coefficient (Wildman–Crippen LogP) is 3.99. The molecule has 7 heteroatoms. The number of ether oxygens (including phenoxy) is 2. The molecule has 170 valence electrons. The summed E-state index contributed by atoms with van der Waals surface area (Å²) in [5.41, 5.74) is 3.91. The minimum atomic E-state index is -0.00184. The number of nitrogens with zero attached hydrogens (tertiary/aromatic N) is 3. The monoisotopic (exact) mass is 444 g/mol. The van der Waals surface area contributed by atoms with E-state index in [-0.39, 0.29) is 11.9 Å². The molecule has 0 aliphatic carbocycles. The van der Waals surface area contributed by atoms with E-state index >= 15 is 0 Å². The first-order valence-electron chi connectivity index (χ1n) is 11.2. The Balaban J connectivity index is 1.22. The fourth-order valence-electron chi connectivity index (χ4n) is 4.61. The standard InChI is InChI=1S/C26H28N4O3/c1-32-22-13-21(14-23(15-22)33-2)29-11-10-20(17-29)28-25-8-7-19(16-27-25)26(31)30-12-9-18-5-3-4-6-24(18)30/h3-8,13-16,20H,9-12,17H2,1-2H3,(H,27,28). The van der Waals surface area contributed by atoms with E-state index in [4.69, 9.17) is 9.47 Å². The molecule has 0 radical (unpaired) electrons. The average molecular weight is 445 g/mol. The smallest absolute Gasteiger partial charge is 0.259 e. The third-order valence-corrected chi connectivity index (χ3v) is 6.38. The second-order valence-electron chi connectivity index (χ2n) is 8.41. The van der Waals surface area contributed by atoms with Gasteiger partial charge >= 0.3 is 0 Å². The summed E-state index contributed by atoms with van der Waals surface area (Å²) in [5.74, 6) is 2.34. The Morgan fingerprint density at radius 1 is 1.03 bits per heavy atom. The van der Waals surface area contributed by atoms with Gasteiger partial charge in [-0.25, -0.2) is 4.98 Å². The average Bonchev–Trinajstić information content (AvgIpc) is 3.51. The van der Waals surface area contributed by atoms with E-state index < -0.39 is 0 Å². The molecular weight excluding hydrogens is 416 g/mol. The number of anilines is 3. The highest BCUT2D eigenvalue weighted by Gasteiger charge is 2.26. The Labute approximate surface area is 193 Å². The lowest BCUT2D eigenvalue weighted by molar-refractivity contribution is 0.0989. The van der Waals surface area contributed by atoms with Crippen molar-refractivity contribution in [1.29, 1.82) is 0 Å². The number of nitrogens with one attached hydrogen (secondary N) is 1. The van der Waals surface area contributed by atoms with E-state index in [0.717, 1.165) is 54.6 Å². The van der Waals surface area contributed by atoms with Crippen LogP contribution in [0.15, 0.2) is 60.8 Å². The van der Waals surface area contributed by atoms with Gasteiger partial charge in [-0.1, -0.05) is 18.2 Å². The molecule has 1 aromatic heterocycles. The maximum Gasteiger partial charge on any atom is 0.259 e. The van der Waals surface area contributed by atoms with Crippen molar-refractivity contribution in [2.75, 3.05) is 49.0 Å². The summed E-state index contributed by atoms with van der Waals surface area (Å²) in [6.45, 7) is 2.49. The molecule has 1 atom stereocenters. The van der Waals surface area contributed by atoms with E-state index in [1.54, 1.807) is 20.4 Å². The summed E-state index contributed by atoms with van der Waals surface area (Å²) >= 11 is 0. The molecule has 3 heterocycles. The van der Waals surface area contributed by atoms with Gasteiger partial charge in [0, 0.05) is 61.4 Å². The number of rotatable bonds is 6. The minimum Gasteiger partial charge on any atom is -0.497 e.